The second kappa shape index (κ2) is 5.43. The van der Waals surface area contributed by atoms with Crippen LogP contribution in [0.2, 0.25) is 0 Å². The van der Waals surface area contributed by atoms with E-state index < -0.39 is 0 Å². The van der Waals surface area contributed by atoms with Crippen LogP contribution < -0.4 is 5.32 Å². The van der Waals surface area contributed by atoms with Crippen molar-refractivity contribution in [3.8, 4) is 0 Å². The van der Waals surface area contributed by atoms with Crippen LogP contribution in [-0.4, -0.2) is 28.3 Å². The van der Waals surface area contributed by atoms with E-state index in [1.165, 1.54) is 25.8 Å². The molecule has 2 N–H and O–H groups in total. The smallest absolute Gasteiger partial charge is 0.153 e. The average Bonchev–Trinajstić information content (AvgIpc) is 2.56. The van der Waals surface area contributed by atoms with E-state index in [0.29, 0.717) is 5.92 Å². The van der Waals surface area contributed by atoms with E-state index in [2.05, 4.69) is 34.3 Å². The minimum absolute atomic E-state index is 0.414. The summed E-state index contributed by atoms with van der Waals surface area (Å²) < 4.78 is 0. The highest BCUT2D eigenvalue weighted by Crippen LogP contribution is 2.16. The van der Waals surface area contributed by atoms with Crippen molar-refractivity contribution in [2.24, 2.45) is 5.92 Å². The molecular weight excluding hydrogens is 200 g/mol. The van der Waals surface area contributed by atoms with Crippen LogP contribution >= 0.6 is 0 Å². The molecular formula is C12H22N4. The van der Waals surface area contributed by atoms with Crippen LogP contribution in [-0.2, 0) is 6.42 Å². The summed E-state index contributed by atoms with van der Waals surface area (Å²) in [5.41, 5.74) is 0. The van der Waals surface area contributed by atoms with Crippen LogP contribution in [0.5, 0.6) is 0 Å². The number of rotatable bonds is 3. The van der Waals surface area contributed by atoms with Crippen molar-refractivity contribution < 1.29 is 0 Å². The van der Waals surface area contributed by atoms with Crippen molar-refractivity contribution in [3.05, 3.63) is 11.6 Å². The lowest BCUT2D eigenvalue weighted by molar-refractivity contribution is 0.467. The molecule has 0 radical (unpaired) electrons. The maximum absolute atomic E-state index is 4.54. The molecule has 1 aromatic rings. The van der Waals surface area contributed by atoms with E-state index in [4.69, 9.17) is 0 Å². The molecule has 4 nitrogen and oxygen atoms in total. The summed E-state index contributed by atoms with van der Waals surface area (Å²) in [5.74, 6) is 3.13. The van der Waals surface area contributed by atoms with E-state index in [9.17, 15) is 0 Å². The first-order chi connectivity index (χ1) is 7.75. The highest BCUT2D eigenvalue weighted by atomic mass is 15.2. The van der Waals surface area contributed by atoms with Gasteiger partial charge in [-0.2, -0.15) is 5.10 Å². The van der Waals surface area contributed by atoms with E-state index in [0.717, 1.165) is 30.5 Å². The Morgan fingerprint density at radius 1 is 1.38 bits per heavy atom. The summed E-state index contributed by atoms with van der Waals surface area (Å²) in [4.78, 5) is 4.54. The van der Waals surface area contributed by atoms with Gasteiger partial charge in [0.25, 0.3) is 0 Å². The lowest BCUT2D eigenvalue weighted by Crippen LogP contribution is -2.22. The Kier molecular flexibility index (Phi) is 3.93. The molecule has 4 heteroatoms. The van der Waals surface area contributed by atoms with Crippen molar-refractivity contribution in [1.29, 1.82) is 0 Å². The fourth-order valence-electron chi connectivity index (χ4n) is 2.20. The van der Waals surface area contributed by atoms with E-state index >= 15 is 0 Å². The zero-order valence-corrected chi connectivity index (χ0v) is 10.3. The summed E-state index contributed by atoms with van der Waals surface area (Å²) in [5, 5.41) is 10.8. The third-order valence-corrected chi connectivity index (χ3v) is 3.20. The van der Waals surface area contributed by atoms with Gasteiger partial charge in [-0.3, -0.25) is 5.10 Å². The number of nitrogens with zero attached hydrogens (tertiary/aromatic N) is 2. The first-order valence-corrected chi connectivity index (χ1v) is 6.37. The Labute approximate surface area is 97.2 Å². The summed E-state index contributed by atoms with van der Waals surface area (Å²) in [6.45, 7) is 6.54. The van der Waals surface area contributed by atoms with Gasteiger partial charge in [0.15, 0.2) is 5.82 Å². The fourth-order valence-corrected chi connectivity index (χ4v) is 2.20. The molecule has 1 unspecified atom stereocenters. The van der Waals surface area contributed by atoms with Crippen LogP contribution in [0.4, 0.5) is 0 Å². The Morgan fingerprint density at radius 2 is 2.25 bits per heavy atom. The highest BCUT2D eigenvalue weighted by Gasteiger charge is 2.15. The third kappa shape index (κ3) is 3.04. The van der Waals surface area contributed by atoms with Crippen molar-refractivity contribution in [3.63, 3.8) is 0 Å². The van der Waals surface area contributed by atoms with Gasteiger partial charge in [-0.25, -0.2) is 4.98 Å². The summed E-state index contributed by atoms with van der Waals surface area (Å²) in [6.07, 6.45) is 4.99. The molecule has 0 aromatic carbocycles. The van der Waals surface area contributed by atoms with Gasteiger partial charge in [-0.15, -0.1) is 0 Å². The molecule has 90 valence electrons. The summed E-state index contributed by atoms with van der Waals surface area (Å²) in [6, 6.07) is 0. The summed E-state index contributed by atoms with van der Waals surface area (Å²) >= 11 is 0. The minimum Gasteiger partial charge on any atom is -0.316 e. The molecule has 0 aliphatic carbocycles. The van der Waals surface area contributed by atoms with Gasteiger partial charge in [-0.1, -0.05) is 20.3 Å². The maximum Gasteiger partial charge on any atom is 0.153 e. The molecule has 0 spiro atoms. The first-order valence-electron chi connectivity index (χ1n) is 6.37. The van der Waals surface area contributed by atoms with Gasteiger partial charge in [0.05, 0.1) is 0 Å². The van der Waals surface area contributed by atoms with Gasteiger partial charge < -0.3 is 5.32 Å². The topological polar surface area (TPSA) is 53.6 Å². The lowest BCUT2D eigenvalue weighted by atomic mass is 9.99. The monoisotopic (exact) mass is 222 g/mol. The second-order valence-electron chi connectivity index (χ2n) is 5.07. The third-order valence-electron chi connectivity index (χ3n) is 3.20. The number of aromatic amines is 1. The lowest BCUT2D eigenvalue weighted by Gasteiger charge is -2.11. The quantitative estimate of drug-likeness (QED) is 0.820. The molecule has 1 aromatic heterocycles. The molecule has 2 heterocycles. The van der Waals surface area contributed by atoms with Gasteiger partial charge >= 0.3 is 0 Å². The average molecular weight is 222 g/mol. The van der Waals surface area contributed by atoms with Crippen LogP contribution in [0.15, 0.2) is 0 Å². The number of nitrogens with one attached hydrogen (secondary N) is 2. The number of hydrogen-bond acceptors (Lipinski definition) is 3. The molecule has 16 heavy (non-hydrogen) atoms. The molecule has 1 aliphatic heterocycles. The highest BCUT2D eigenvalue weighted by molar-refractivity contribution is 4.96. The van der Waals surface area contributed by atoms with Crippen molar-refractivity contribution in [1.82, 2.24) is 20.5 Å². The normalized spacial score (nSPS) is 22.3. The first kappa shape index (κ1) is 11.6. The number of hydrogen-bond donors (Lipinski definition) is 2. The van der Waals surface area contributed by atoms with E-state index in [1.54, 1.807) is 0 Å². The zero-order valence-electron chi connectivity index (χ0n) is 10.3. The molecule has 0 saturated carbocycles. The largest absolute Gasteiger partial charge is 0.316 e. The number of H-pyrrole nitrogens is 1. The molecule has 0 bridgehead atoms. The van der Waals surface area contributed by atoms with Crippen molar-refractivity contribution in [2.45, 2.75) is 45.4 Å². The molecule has 1 saturated heterocycles. The Morgan fingerprint density at radius 3 is 3.00 bits per heavy atom. The van der Waals surface area contributed by atoms with Gasteiger partial charge in [0.1, 0.15) is 5.82 Å². The Hall–Kier alpha value is -0.900. The van der Waals surface area contributed by atoms with Gasteiger partial charge in [0, 0.05) is 12.3 Å². The van der Waals surface area contributed by atoms with Gasteiger partial charge in [0.2, 0.25) is 0 Å². The molecule has 2 rings (SSSR count). The Balaban J connectivity index is 1.91. The summed E-state index contributed by atoms with van der Waals surface area (Å²) in [7, 11) is 0. The fraction of sp³-hybridized carbons (Fsp3) is 0.833. The molecule has 0 amide bonds. The van der Waals surface area contributed by atoms with Crippen molar-refractivity contribution >= 4 is 0 Å². The minimum atomic E-state index is 0.414. The van der Waals surface area contributed by atoms with E-state index in [1.807, 2.05) is 0 Å². The molecule has 1 fully saturated rings. The van der Waals surface area contributed by atoms with Gasteiger partial charge in [-0.05, 0) is 31.8 Å². The van der Waals surface area contributed by atoms with E-state index in [-0.39, 0.29) is 0 Å². The van der Waals surface area contributed by atoms with Crippen LogP contribution in [0, 0.1) is 5.92 Å². The number of aromatic nitrogens is 3. The SMILES string of the molecule is CC(C)c1n[nH]c(CC2CCCCNC2)n1. The molecule has 1 aliphatic rings. The maximum atomic E-state index is 4.54. The predicted molar refractivity (Wildman–Crippen MR) is 64.4 cm³/mol. The van der Waals surface area contributed by atoms with Crippen LogP contribution in [0.1, 0.15) is 50.7 Å². The van der Waals surface area contributed by atoms with Crippen LogP contribution in [0.25, 0.3) is 0 Å². The standard InChI is InChI=1S/C12H22N4/c1-9(2)12-14-11(15-16-12)7-10-5-3-4-6-13-8-10/h9-10,13H,3-8H2,1-2H3,(H,14,15,16). The second-order valence-corrected chi connectivity index (χ2v) is 5.07. The predicted octanol–water partition coefficient (Wildman–Crippen LogP) is 1.86. The van der Waals surface area contributed by atoms with Crippen molar-refractivity contribution in [2.75, 3.05) is 13.1 Å². The Bertz CT molecular complexity index is 311. The zero-order chi connectivity index (χ0) is 11.4. The molecule has 1 atom stereocenters. The van der Waals surface area contributed by atoms with Crippen LogP contribution in [0.3, 0.4) is 0 Å².